The molecule has 0 bridgehead atoms. The van der Waals surface area contributed by atoms with Gasteiger partial charge in [0.15, 0.2) is 5.13 Å². The third-order valence-corrected chi connectivity index (χ3v) is 7.83. The summed E-state index contributed by atoms with van der Waals surface area (Å²) in [5.41, 5.74) is 2.81. The number of amides is 2. The third kappa shape index (κ3) is 7.69. The van der Waals surface area contributed by atoms with Gasteiger partial charge in [0.2, 0.25) is 23.5 Å². The van der Waals surface area contributed by atoms with E-state index < -0.39 is 82.8 Å². The second-order valence-corrected chi connectivity index (χ2v) is 12.3. The Morgan fingerprint density at radius 2 is 1.98 bits per heavy atom. The highest BCUT2D eigenvalue weighted by Crippen LogP contribution is 2.42. The number of nitrogens with zero attached hydrogens (tertiary/aromatic N) is 4. The number of ether oxygens (including phenoxy) is 2. The van der Waals surface area contributed by atoms with Crippen LogP contribution in [0, 0.1) is 5.41 Å². The molecule has 2 amide bonds. The number of oxime groups is 1. The number of ketones is 1. The molecule has 1 aromatic rings. The maximum atomic E-state index is 13.2. The van der Waals surface area contributed by atoms with Crippen LogP contribution in [0.3, 0.4) is 0 Å². The molecular weight excluding hydrogens is 584 g/mol. The first kappa shape index (κ1) is 31.7. The summed E-state index contributed by atoms with van der Waals surface area (Å²) in [4.78, 5) is 83.8. The van der Waals surface area contributed by atoms with Gasteiger partial charge >= 0.3 is 17.9 Å². The molecule has 18 heteroatoms. The summed E-state index contributed by atoms with van der Waals surface area (Å²) in [7, 11) is 0. The number of nitrogen functional groups attached to an aromatic ring is 1. The van der Waals surface area contributed by atoms with Crippen molar-refractivity contribution in [3.63, 3.8) is 0 Å². The maximum Gasteiger partial charge on any atom is 0.350 e. The number of carbonyl (C=O) groups excluding carboxylic acids is 5. The number of hydrogen-bond acceptors (Lipinski definition) is 15. The number of carboxylic acid groups (broad SMARTS) is 1. The van der Waals surface area contributed by atoms with Gasteiger partial charge in [-0.1, -0.05) is 5.16 Å². The largest absolute Gasteiger partial charge is 0.481 e. The lowest BCUT2D eigenvalue weighted by atomic mass is 9.88. The second kappa shape index (κ2) is 12.4. The van der Waals surface area contributed by atoms with Crippen LogP contribution >= 0.6 is 23.3 Å². The summed E-state index contributed by atoms with van der Waals surface area (Å²) >= 11 is 1.86. The van der Waals surface area contributed by atoms with Gasteiger partial charge in [0.05, 0.1) is 0 Å². The molecule has 2 fully saturated rings. The molecule has 224 valence electrons. The van der Waals surface area contributed by atoms with E-state index in [0.29, 0.717) is 0 Å². The zero-order valence-corrected chi connectivity index (χ0v) is 24.5. The standard InChI is InChI=1S/C23H30N6O10S2/c1-10(30)6-12(31)37-8-23(20(35)36)7-29-17(33)14(18(29)40-9-23)25-16(32)13(15-26-21(24)41-28-15)27-39-11(2)19(34)38-22(3,4)5/h11,14,18H,6-9H2,1-5H3,(H,25,32)(H,35,36)(H2,24,26,28)/t11?,14?,18-,23?/m1/s1. The van der Waals surface area contributed by atoms with E-state index in [1.54, 1.807) is 20.8 Å². The SMILES string of the molecule is CC(=O)CC(=O)OCC1(C(=O)O)CS[C@@H]2C(NC(=O)C(=NOC(C)C(=O)OC(C)(C)C)c3nsc(N)n3)C(=O)N2C1. The Morgan fingerprint density at radius 3 is 2.54 bits per heavy atom. The molecule has 1 aromatic heterocycles. The molecule has 2 aliphatic heterocycles. The smallest absolute Gasteiger partial charge is 0.350 e. The number of anilines is 1. The quantitative estimate of drug-likeness (QED) is 0.0944. The summed E-state index contributed by atoms with van der Waals surface area (Å²) in [6.07, 6.45) is -1.69. The number of nitrogens with two attached hydrogens (primary N) is 1. The number of aliphatic carboxylic acids is 1. The van der Waals surface area contributed by atoms with Crippen LogP contribution < -0.4 is 11.1 Å². The number of β-lactam (4-membered cyclic amide) rings is 1. The highest BCUT2D eigenvalue weighted by atomic mass is 32.2. The highest BCUT2D eigenvalue weighted by molar-refractivity contribution is 8.00. The fourth-order valence-corrected chi connectivity index (χ4v) is 5.62. The van der Waals surface area contributed by atoms with Crippen LogP contribution in [0.25, 0.3) is 0 Å². The number of thioether (sulfide) groups is 1. The maximum absolute atomic E-state index is 13.2. The van der Waals surface area contributed by atoms with Crippen LogP contribution in [0.5, 0.6) is 0 Å². The van der Waals surface area contributed by atoms with Crippen molar-refractivity contribution in [2.75, 3.05) is 24.6 Å². The second-order valence-electron chi connectivity index (χ2n) is 10.4. The van der Waals surface area contributed by atoms with Crippen molar-refractivity contribution in [2.45, 2.75) is 64.2 Å². The van der Waals surface area contributed by atoms with Gasteiger partial charge in [0.25, 0.3) is 5.91 Å². The number of aromatic nitrogens is 2. The first-order valence-corrected chi connectivity index (χ1v) is 14.0. The predicted octanol–water partition coefficient (Wildman–Crippen LogP) is -0.436. The minimum Gasteiger partial charge on any atom is -0.481 e. The van der Waals surface area contributed by atoms with E-state index in [0.717, 1.165) is 23.3 Å². The molecule has 41 heavy (non-hydrogen) atoms. The Kier molecular flexibility index (Phi) is 9.58. The lowest BCUT2D eigenvalue weighted by Gasteiger charge is -2.53. The minimum atomic E-state index is -1.60. The molecular formula is C23H30N6O10S2. The van der Waals surface area contributed by atoms with Gasteiger partial charge in [-0.3, -0.25) is 24.0 Å². The summed E-state index contributed by atoms with van der Waals surface area (Å²) in [6.45, 7) is 6.78. The average Bonchev–Trinajstić information content (AvgIpc) is 3.29. The van der Waals surface area contributed by atoms with Gasteiger partial charge in [0.1, 0.15) is 41.2 Å². The Bertz CT molecular complexity index is 1280. The van der Waals surface area contributed by atoms with Gasteiger partial charge in [-0.2, -0.15) is 9.36 Å². The Labute approximate surface area is 242 Å². The highest BCUT2D eigenvalue weighted by Gasteiger charge is 2.58. The number of carbonyl (C=O) groups is 6. The summed E-state index contributed by atoms with van der Waals surface area (Å²) in [5, 5.41) is 15.5. The number of fused-ring (bicyclic) bond motifs is 1. The van der Waals surface area contributed by atoms with Gasteiger partial charge in [-0.25, -0.2) is 4.79 Å². The van der Waals surface area contributed by atoms with Crippen LogP contribution in [-0.2, 0) is 43.1 Å². The van der Waals surface area contributed by atoms with Crippen molar-refractivity contribution in [3.05, 3.63) is 5.82 Å². The molecule has 4 N–H and O–H groups in total. The van der Waals surface area contributed by atoms with Gasteiger partial charge in [-0.05, 0) is 34.6 Å². The first-order valence-electron chi connectivity index (χ1n) is 12.2. The molecule has 0 saturated carbocycles. The zero-order valence-electron chi connectivity index (χ0n) is 22.9. The van der Waals surface area contributed by atoms with E-state index in [1.807, 2.05) is 0 Å². The van der Waals surface area contributed by atoms with Crippen LogP contribution in [0.4, 0.5) is 5.13 Å². The zero-order chi connectivity index (χ0) is 30.7. The number of rotatable bonds is 11. The molecule has 0 aromatic carbocycles. The van der Waals surface area contributed by atoms with E-state index in [9.17, 15) is 33.9 Å². The first-order chi connectivity index (χ1) is 19.0. The molecule has 3 unspecified atom stereocenters. The Morgan fingerprint density at radius 1 is 1.29 bits per heavy atom. The van der Waals surface area contributed by atoms with E-state index in [4.69, 9.17) is 20.0 Å². The van der Waals surface area contributed by atoms with Crippen molar-refractivity contribution in [1.29, 1.82) is 0 Å². The molecule has 0 aliphatic carbocycles. The lowest BCUT2D eigenvalue weighted by Crippen LogP contribution is -2.74. The molecule has 0 radical (unpaired) electrons. The molecule has 0 spiro atoms. The lowest BCUT2D eigenvalue weighted by molar-refractivity contribution is -0.168. The minimum absolute atomic E-state index is 0.0310. The monoisotopic (exact) mass is 614 g/mol. The molecule has 3 heterocycles. The Balaban J connectivity index is 1.70. The summed E-state index contributed by atoms with van der Waals surface area (Å²) in [6, 6.07) is -1.05. The predicted molar refractivity (Wildman–Crippen MR) is 143 cm³/mol. The van der Waals surface area contributed by atoms with E-state index in [1.165, 1.54) is 18.7 Å². The van der Waals surface area contributed by atoms with E-state index in [2.05, 4.69) is 19.8 Å². The van der Waals surface area contributed by atoms with E-state index >= 15 is 0 Å². The van der Waals surface area contributed by atoms with Crippen molar-refractivity contribution in [2.24, 2.45) is 10.6 Å². The third-order valence-electron chi connectivity index (χ3n) is 5.70. The van der Waals surface area contributed by atoms with Crippen LogP contribution in [0.15, 0.2) is 5.16 Å². The summed E-state index contributed by atoms with van der Waals surface area (Å²) < 4.78 is 14.2. The fourth-order valence-electron chi connectivity index (χ4n) is 3.66. The van der Waals surface area contributed by atoms with Crippen molar-refractivity contribution < 1.29 is 48.2 Å². The van der Waals surface area contributed by atoms with Crippen LogP contribution in [-0.4, -0.2) is 103 Å². The fraction of sp³-hybridized carbons (Fsp3) is 0.609. The van der Waals surface area contributed by atoms with Crippen LogP contribution in [0.1, 0.15) is 46.9 Å². The van der Waals surface area contributed by atoms with Crippen molar-refractivity contribution in [1.82, 2.24) is 19.6 Å². The molecule has 3 rings (SSSR count). The number of esters is 2. The number of Topliss-reactive ketones (excluding diaryl/α,β-unsaturated/α-hetero) is 1. The number of hydrogen-bond donors (Lipinski definition) is 3. The number of carboxylic acids is 1. The normalized spacial score (nSPS) is 23.0. The van der Waals surface area contributed by atoms with Gasteiger partial charge < -0.3 is 35.4 Å². The number of nitrogens with one attached hydrogen (secondary N) is 1. The molecule has 2 saturated heterocycles. The molecule has 16 nitrogen and oxygen atoms in total. The topological polar surface area (TPSA) is 230 Å². The van der Waals surface area contributed by atoms with Gasteiger partial charge in [-0.15, -0.1) is 11.8 Å². The molecule has 2 aliphatic rings. The van der Waals surface area contributed by atoms with E-state index in [-0.39, 0.29) is 23.3 Å². The summed E-state index contributed by atoms with van der Waals surface area (Å²) in [5.74, 6) is -5.03. The van der Waals surface area contributed by atoms with Crippen molar-refractivity contribution >= 4 is 69.6 Å². The molecule has 4 atom stereocenters. The van der Waals surface area contributed by atoms with Crippen LogP contribution in [0.2, 0.25) is 0 Å². The Hall–Kier alpha value is -3.80. The van der Waals surface area contributed by atoms with Gasteiger partial charge in [0, 0.05) is 23.8 Å². The average molecular weight is 615 g/mol. The van der Waals surface area contributed by atoms with Crippen molar-refractivity contribution in [3.8, 4) is 0 Å².